The summed E-state index contributed by atoms with van der Waals surface area (Å²) in [7, 11) is 0. The fourth-order valence-electron chi connectivity index (χ4n) is 2.90. The summed E-state index contributed by atoms with van der Waals surface area (Å²) in [4.78, 5) is 27.0. The van der Waals surface area contributed by atoms with Crippen molar-refractivity contribution in [3.05, 3.63) is 58.9 Å². The predicted octanol–water partition coefficient (Wildman–Crippen LogP) is 3.25. The van der Waals surface area contributed by atoms with Crippen LogP contribution in [0.2, 0.25) is 0 Å². The predicted molar refractivity (Wildman–Crippen MR) is 89.0 cm³/mol. The summed E-state index contributed by atoms with van der Waals surface area (Å²) in [6.07, 6.45) is 0.267. The third-order valence-electron chi connectivity index (χ3n) is 3.95. The Hall–Kier alpha value is -3.08. The highest BCUT2D eigenvalue weighted by atomic mass is 16.5. The number of aromatic nitrogens is 2. The number of esters is 1. The van der Waals surface area contributed by atoms with Crippen LogP contribution in [0.3, 0.4) is 0 Å². The summed E-state index contributed by atoms with van der Waals surface area (Å²) in [5.74, 6) is 0.0626. The highest BCUT2D eigenvalue weighted by molar-refractivity contribution is 6.00. The zero-order valence-electron chi connectivity index (χ0n) is 12.5. The Labute approximate surface area is 131 Å². The summed E-state index contributed by atoms with van der Waals surface area (Å²) < 4.78 is 7.43. The first-order valence-electron chi connectivity index (χ1n) is 7.45. The Kier molecular flexibility index (Phi) is 2.94. The van der Waals surface area contributed by atoms with E-state index in [-0.39, 0.29) is 17.9 Å². The summed E-state index contributed by atoms with van der Waals surface area (Å²) in [6, 6.07) is 15.0. The maximum absolute atomic E-state index is 12.4. The summed E-state index contributed by atoms with van der Waals surface area (Å²) in [5, 5.41) is 1.38. The van der Waals surface area contributed by atoms with Gasteiger partial charge in [-0.1, -0.05) is 31.2 Å². The van der Waals surface area contributed by atoms with Crippen molar-refractivity contribution in [1.82, 2.24) is 9.38 Å². The number of nitrogens with one attached hydrogen (secondary N) is 1. The van der Waals surface area contributed by atoms with Gasteiger partial charge < -0.3 is 9.72 Å². The number of para-hydroxylation sites is 2. The van der Waals surface area contributed by atoms with Crippen LogP contribution in [0.5, 0.6) is 5.75 Å². The second-order valence-electron chi connectivity index (χ2n) is 5.33. The smallest absolute Gasteiger partial charge is 0.311 e. The number of benzene rings is 2. The Morgan fingerprint density at radius 1 is 1.04 bits per heavy atom. The summed E-state index contributed by atoms with van der Waals surface area (Å²) in [6.45, 7) is 1.74. The second kappa shape index (κ2) is 4.98. The highest BCUT2D eigenvalue weighted by Gasteiger charge is 2.18. The lowest BCUT2D eigenvalue weighted by atomic mass is 10.2. The maximum Gasteiger partial charge on any atom is 0.311 e. The highest BCUT2D eigenvalue weighted by Crippen LogP contribution is 2.34. The van der Waals surface area contributed by atoms with Gasteiger partial charge in [0.15, 0.2) is 11.4 Å². The van der Waals surface area contributed by atoms with Gasteiger partial charge in [0.25, 0.3) is 5.56 Å². The van der Waals surface area contributed by atoms with Crippen molar-refractivity contribution in [2.45, 2.75) is 13.3 Å². The van der Waals surface area contributed by atoms with Crippen molar-refractivity contribution in [1.29, 1.82) is 0 Å². The van der Waals surface area contributed by atoms with Gasteiger partial charge in [0.1, 0.15) is 0 Å². The van der Waals surface area contributed by atoms with Crippen molar-refractivity contribution in [3.63, 3.8) is 0 Å². The van der Waals surface area contributed by atoms with Crippen molar-refractivity contribution >= 4 is 33.4 Å². The molecule has 2 aromatic carbocycles. The minimum absolute atomic E-state index is 0.204. The maximum atomic E-state index is 12.4. The largest absolute Gasteiger partial charge is 0.422 e. The first kappa shape index (κ1) is 13.6. The van der Waals surface area contributed by atoms with E-state index in [0.29, 0.717) is 16.8 Å². The standard InChI is InChI=1S/C18H14N2O3/c1-2-15(21)23-16-11-7-3-5-9-13(11)20-14-10-6-4-8-12(14)18(22)19-17(16)20/h3-10H,2H2,1H3,(H,19,22). The summed E-state index contributed by atoms with van der Waals surface area (Å²) >= 11 is 0. The van der Waals surface area contributed by atoms with Crippen LogP contribution in [-0.2, 0) is 4.79 Å². The average Bonchev–Trinajstić information content (AvgIpc) is 2.89. The zero-order chi connectivity index (χ0) is 16.0. The normalized spacial score (nSPS) is 11.3. The van der Waals surface area contributed by atoms with Crippen molar-refractivity contribution < 1.29 is 9.53 Å². The molecule has 114 valence electrons. The van der Waals surface area contributed by atoms with E-state index < -0.39 is 0 Å². The first-order valence-corrected chi connectivity index (χ1v) is 7.45. The number of hydrogen-bond acceptors (Lipinski definition) is 3. The van der Waals surface area contributed by atoms with E-state index in [1.807, 2.05) is 46.9 Å². The second-order valence-corrected chi connectivity index (χ2v) is 5.33. The monoisotopic (exact) mass is 306 g/mol. The van der Waals surface area contributed by atoms with E-state index in [2.05, 4.69) is 4.98 Å². The van der Waals surface area contributed by atoms with Gasteiger partial charge in [0.2, 0.25) is 0 Å². The number of fused-ring (bicyclic) bond motifs is 5. The molecule has 4 rings (SSSR count). The molecular weight excluding hydrogens is 292 g/mol. The molecule has 5 heteroatoms. The van der Waals surface area contributed by atoms with Gasteiger partial charge in [-0.25, -0.2) is 0 Å². The Bertz CT molecular complexity index is 1120. The molecule has 5 nitrogen and oxygen atoms in total. The lowest BCUT2D eigenvalue weighted by Gasteiger charge is -2.04. The van der Waals surface area contributed by atoms with Gasteiger partial charge in [-0.2, -0.15) is 0 Å². The number of ether oxygens (including phenoxy) is 1. The van der Waals surface area contributed by atoms with Crippen LogP contribution in [0, 0.1) is 0 Å². The van der Waals surface area contributed by atoms with Gasteiger partial charge in [0.05, 0.1) is 16.4 Å². The lowest BCUT2D eigenvalue weighted by molar-refractivity contribution is -0.133. The van der Waals surface area contributed by atoms with Crippen LogP contribution >= 0.6 is 0 Å². The Morgan fingerprint density at radius 2 is 1.65 bits per heavy atom. The lowest BCUT2D eigenvalue weighted by Crippen LogP contribution is -2.11. The molecule has 23 heavy (non-hydrogen) atoms. The molecule has 0 atom stereocenters. The van der Waals surface area contributed by atoms with E-state index in [0.717, 1.165) is 16.4 Å². The first-order chi connectivity index (χ1) is 11.2. The molecule has 0 aliphatic rings. The van der Waals surface area contributed by atoms with Gasteiger partial charge in [-0.05, 0) is 24.3 Å². The third kappa shape index (κ3) is 1.93. The van der Waals surface area contributed by atoms with Crippen molar-refractivity contribution in [2.75, 3.05) is 0 Å². The molecule has 1 N–H and O–H groups in total. The van der Waals surface area contributed by atoms with Crippen molar-refractivity contribution in [3.8, 4) is 5.75 Å². The fraction of sp³-hybridized carbons (Fsp3) is 0.111. The number of rotatable bonds is 2. The fourth-order valence-corrected chi connectivity index (χ4v) is 2.90. The van der Waals surface area contributed by atoms with E-state index in [4.69, 9.17) is 4.74 Å². The number of H-pyrrole nitrogens is 1. The quantitative estimate of drug-likeness (QED) is 0.578. The molecular formula is C18H14N2O3. The van der Waals surface area contributed by atoms with Crippen LogP contribution in [-0.4, -0.2) is 15.4 Å². The van der Waals surface area contributed by atoms with E-state index >= 15 is 0 Å². The molecule has 0 fully saturated rings. The van der Waals surface area contributed by atoms with Crippen LogP contribution in [0.4, 0.5) is 0 Å². The average molecular weight is 306 g/mol. The van der Waals surface area contributed by atoms with E-state index in [9.17, 15) is 9.59 Å². The van der Waals surface area contributed by atoms with E-state index in [1.165, 1.54) is 0 Å². The molecule has 0 unspecified atom stereocenters. The third-order valence-corrected chi connectivity index (χ3v) is 3.95. The molecule has 2 aromatic heterocycles. The molecule has 0 radical (unpaired) electrons. The molecule has 0 saturated heterocycles. The number of aromatic amines is 1. The number of hydrogen-bond donors (Lipinski definition) is 1. The molecule has 0 saturated carbocycles. The van der Waals surface area contributed by atoms with Crippen LogP contribution < -0.4 is 10.3 Å². The molecule has 0 spiro atoms. The SMILES string of the molecule is CCC(=O)Oc1c2ccccc2n2c1[nH]c(=O)c1ccccc12. The zero-order valence-corrected chi connectivity index (χ0v) is 12.5. The minimum Gasteiger partial charge on any atom is -0.422 e. The molecule has 0 amide bonds. The minimum atomic E-state index is -0.336. The Balaban J connectivity index is 2.24. The molecule has 0 aliphatic heterocycles. The topological polar surface area (TPSA) is 63.6 Å². The van der Waals surface area contributed by atoms with Gasteiger partial charge in [-0.15, -0.1) is 0 Å². The Morgan fingerprint density at radius 3 is 2.35 bits per heavy atom. The molecule has 2 heterocycles. The molecule has 0 aliphatic carbocycles. The number of carbonyl (C=O) groups excluding carboxylic acids is 1. The summed E-state index contributed by atoms with van der Waals surface area (Å²) in [5.41, 5.74) is 1.96. The van der Waals surface area contributed by atoms with Gasteiger partial charge in [-0.3, -0.25) is 14.0 Å². The van der Waals surface area contributed by atoms with Crippen molar-refractivity contribution in [2.24, 2.45) is 0 Å². The van der Waals surface area contributed by atoms with Gasteiger partial charge >= 0.3 is 5.97 Å². The van der Waals surface area contributed by atoms with Crippen LogP contribution in [0.25, 0.3) is 27.5 Å². The van der Waals surface area contributed by atoms with Crippen LogP contribution in [0.1, 0.15) is 13.3 Å². The van der Waals surface area contributed by atoms with Crippen LogP contribution in [0.15, 0.2) is 53.3 Å². The van der Waals surface area contributed by atoms with E-state index in [1.54, 1.807) is 13.0 Å². The molecule has 0 bridgehead atoms. The number of nitrogens with zero attached hydrogens (tertiary/aromatic N) is 1. The molecule has 4 aromatic rings. The number of carbonyl (C=O) groups is 1. The van der Waals surface area contributed by atoms with Gasteiger partial charge in [0, 0.05) is 11.8 Å².